The van der Waals surface area contributed by atoms with E-state index < -0.39 is 17.1 Å². The maximum Gasteiger partial charge on any atom is 0.290 e. The Bertz CT molecular complexity index is 1720. The molecule has 192 valence electrons. The summed E-state index contributed by atoms with van der Waals surface area (Å²) in [4.78, 5) is 48.0. The predicted octanol–water partition coefficient (Wildman–Crippen LogP) is 5.86. The second-order valence-electron chi connectivity index (χ2n) is 8.70. The summed E-state index contributed by atoms with van der Waals surface area (Å²) in [6.07, 6.45) is 5.28. The van der Waals surface area contributed by atoms with Gasteiger partial charge in [0.15, 0.2) is 0 Å². The molecule has 1 aromatic heterocycles. The fourth-order valence-corrected chi connectivity index (χ4v) is 5.62. The number of hydrogen-bond acceptors (Lipinski definition) is 7. The summed E-state index contributed by atoms with van der Waals surface area (Å²) in [6, 6.07) is 23.2. The first-order valence-corrected chi connectivity index (χ1v) is 13.5. The molecule has 0 spiro atoms. The van der Waals surface area contributed by atoms with E-state index in [0.717, 1.165) is 56.8 Å². The van der Waals surface area contributed by atoms with Crippen molar-refractivity contribution in [2.45, 2.75) is 6.61 Å². The van der Waals surface area contributed by atoms with Gasteiger partial charge >= 0.3 is 0 Å². The number of thioether (sulfide) groups is 2. The molecule has 2 fully saturated rings. The Kier molecular flexibility index (Phi) is 6.55. The molecule has 8 nitrogen and oxygen atoms in total. The van der Waals surface area contributed by atoms with Gasteiger partial charge in [-0.3, -0.25) is 29.8 Å². The summed E-state index contributed by atoms with van der Waals surface area (Å²) in [5.41, 5.74) is 4.31. The standard InChI is InChI=1S/C29H19N3O5S2/c33-26-24(38-28(35)30-26)12-17-6-8-20(9-7-17)32-15-19(13-25-27(34)31-29(36)39-25)22-14-21(10-11-23(22)32)37-16-18-4-2-1-3-5-18/h1-15H,16H2,(H,30,33,35)(H,31,34,36). The maximum absolute atomic E-state index is 12.2. The first-order valence-electron chi connectivity index (χ1n) is 11.8. The molecule has 0 atom stereocenters. The molecule has 4 aromatic rings. The Hall–Kier alpha value is -4.54. The fourth-order valence-electron chi connectivity index (χ4n) is 4.26. The lowest BCUT2D eigenvalue weighted by Crippen LogP contribution is -2.17. The summed E-state index contributed by atoms with van der Waals surface area (Å²) in [6.45, 7) is 0.412. The van der Waals surface area contributed by atoms with Gasteiger partial charge in [0.1, 0.15) is 12.4 Å². The highest BCUT2D eigenvalue weighted by atomic mass is 32.2. The van der Waals surface area contributed by atoms with Crippen LogP contribution in [-0.4, -0.2) is 26.9 Å². The molecule has 0 bridgehead atoms. The van der Waals surface area contributed by atoms with Crippen LogP contribution in [0.5, 0.6) is 5.75 Å². The summed E-state index contributed by atoms with van der Waals surface area (Å²) in [5, 5.41) is 4.61. The van der Waals surface area contributed by atoms with E-state index in [1.54, 1.807) is 12.2 Å². The van der Waals surface area contributed by atoms with Crippen LogP contribution in [0.4, 0.5) is 9.59 Å². The lowest BCUT2D eigenvalue weighted by atomic mass is 10.1. The van der Waals surface area contributed by atoms with Crippen LogP contribution in [-0.2, 0) is 16.2 Å². The SMILES string of the molecule is O=C1NC(=O)C(=Cc2ccc(-n3cc(C=C4SC(=O)NC4=O)c4cc(OCc5ccccc5)ccc43)cc2)S1. The average Bonchev–Trinajstić information content (AvgIpc) is 3.57. The largest absolute Gasteiger partial charge is 0.489 e. The number of amides is 4. The van der Waals surface area contributed by atoms with Gasteiger partial charge < -0.3 is 9.30 Å². The van der Waals surface area contributed by atoms with E-state index in [9.17, 15) is 19.2 Å². The zero-order valence-corrected chi connectivity index (χ0v) is 21.8. The average molecular weight is 554 g/mol. The molecule has 6 rings (SSSR count). The lowest BCUT2D eigenvalue weighted by Gasteiger charge is -2.09. The molecule has 0 radical (unpaired) electrons. The molecule has 2 saturated heterocycles. The van der Waals surface area contributed by atoms with E-state index >= 15 is 0 Å². The van der Waals surface area contributed by atoms with Crippen LogP contribution in [0.2, 0.25) is 0 Å². The minimum Gasteiger partial charge on any atom is -0.489 e. The minimum atomic E-state index is -0.424. The van der Waals surface area contributed by atoms with Gasteiger partial charge in [0.2, 0.25) is 0 Å². The van der Waals surface area contributed by atoms with Gasteiger partial charge in [0, 0.05) is 22.8 Å². The van der Waals surface area contributed by atoms with E-state index in [1.165, 1.54) is 0 Å². The molecular formula is C29H19N3O5S2. The number of carbonyl (C=O) groups excluding carboxylic acids is 4. The van der Waals surface area contributed by atoms with Gasteiger partial charge in [-0.1, -0.05) is 42.5 Å². The summed E-state index contributed by atoms with van der Waals surface area (Å²) >= 11 is 1.74. The van der Waals surface area contributed by atoms with Gasteiger partial charge in [-0.05, 0) is 77.1 Å². The first kappa shape index (κ1) is 24.8. The molecule has 3 heterocycles. The van der Waals surface area contributed by atoms with Crippen molar-refractivity contribution in [3.05, 3.63) is 105 Å². The number of rotatable bonds is 6. The molecule has 0 unspecified atom stereocenters. The van der Waals surface area contributed by atoms with E-state index in [4.69, 9.17) is 4.74 Å². The molecular weight excluding hydrogens is 534 g/mol. The molecule has 2 aliphatic rings. The quantitative estimate of drug-likeness (QED) is 0.288. The maximum atomic E-state index is 12.2. The number of hydrogen-bond donors (Lipinski definition) is 2. The second kappa shape index (κ2) is 10.3. The van der Waals surface area contributed by atoms with Gasteiger partial charge in [-0.25, -0.2) is 0 Å². The third-order valence-electron chi connectivity index (χ3n) is 6.09. The predicted molar refractivity (Wildman–Crippen MR) is 152 cm³/mol. The van der Waals surface area contributed by atoms with Gasteiger partial charge in [0.25, 0.3) is 22.3 Å². The van der Waals surface area contributed by atoms with Crippen LogP contribution < -0.4 is 15.4 Å². The monoisotopic (exact) mass is 553 g/mol. The van der Waals surface area contributed by atoms with Crippen molar-refractivity contribution >= 4 is 68.9 Å². The van der Waals surface area contributed by atoms with Gasteiger partial charge in [0.05, 0.1) is 15.3 Å². The molecule has 4 amide bonds. The molecule has 10 heteroatoms. The number of ether oxygens (including phenoxy) is 1. The highest BCUT2D eigenvalue weighted by Gasteiger charge is 2.26. The third kappa shape index (κ3) is 5.25. The number of nitrogens with zero attached hydrogens (tertiary/aromatic N) is 1. The molecule has 39 heavy (non-hydrogen) atoms. The molecule has 0 aliphatic carbocycles. The van der Waals surface area contributed by atoms with Crippen LogP contribution in [0.3, 0.4) is 0 Å². The smallest absolute Gasteiger partial charge is 0.290 e. The molecule has 0 saturated carbocycles. The number of nitrogens with one attached hydrogen (secondary N) is 2. The van der Waals surface area contributed by atoms with E-state index in [2.05, 4.69) is 10.6 Å². The Balaban J connectivity index is 1.36. The van der Waals surface area contributed by atoms with Crippen molar-refractivity contribution < 1.29 is 23.9 Å². The Morgan fingerprint density at radius 1 is 0.769 bits per heavy atom. The first-order chi connectivity index (χ1) is 18.9. The van der Waals surface area contributed by atoms with Crippen molar-refractivity contribution in [1.82, 2.24) is 15.2 Å². The topological polar surface area (TPSA) is 107 Å². The van der Waals surface area contributed by atoms with Crippen LogP contribution in [0.25, 0.3) is 28.7 Å². The highest BCUT2D eigenvalue weighted by Crippen LogP contribution is 2.34. The van der Waals surface area contributed by atoms with Crippen LogP contribution >= 0.6 is 23.5 Å². The van der Waals surface area contributed by atoms with Crippen LogP contribution in [0, 0.1) is 0 Å². The highest BCUT2D eigenvalue weighted by molar-refractivity contribution is 8.18. The third-order valence-corrected chi connectivity index (χ3v) is 7.72. The van der Waals surface area contributed by atoms with Crippen molar-refractivity contribution in [2.24, 2.45) is 0 Å². The van der Waals surface area contributed by atoms with Gasteiger partial charge in [-0.2, -0.15) is 0 Å². The summed E-state index contributed by atoms with van der Waals surface area (Å²) in [5.74, 6) is -0.153. The lowest BCUT2D eigenvalue weighted by molar-refractivity contribution is -0.116. The van der Waals surface area contributed by atoms with Crippen molar-refractivity contribution in [1.29, 1.82) is 0 Å². The van der Waals surface area contributed by atoms with Gasteiger partial charge in [-0.15, -0.1) is 0 Å². The molecule has 3 aromatic carbocycles. The number of benzene rings is 3. The zero-order chi connectivity index (χ0) is 26.9. The summed E-state index contributed by atoms with van der Waals surface area (Å²) < 4.78 is 8.03. The number of imide groups is 2. The van der Waals surface area contributed by atoms with E-state index in [1.807, 2.05) is 83.6 Å². The van der Waals surface area contributed by atoms with Crippen LogP contribution in [0.15, 0.2) is 88.8 Å². The normalized spacial score (nSPS) is 17.3. The Morgan fingerprint density at radius 2 is 1.44 bits per heavy atom. The summed E-state index contributed by atoms with van der Waals surface area (Å²) in [7, 11) is 0. The molecule has 2 aliphatic heterocycles. The van der Waals surface area contributed by atoms with E-state index in [-0.39, 0.29) is 5.24 Å². The minimum absolute atomic E-state index is 0.318. The van der Waals surface area contributed by atoms with Crippen molar-refractivity contribution in [3.8, 4) is 11.4 Å². The number of fused-ring (bicyclic) bond motifs is 1. The Morgan fingerprint density at radius 3 is 2.08 bits per heavy atom. The zero-order valence-electron chi connectivity index (χ0n) is 20.2. The number of carbonyl (C=O) groups is 4. The van der Waals surface area contributed by atoms with Crippen molar-refractivity contribution in [2.75, 3.05) is 0 Å². The fraction of sp³-hybridized carbons (Fsp3) is 0.0345. The second-order valence-corrected chi connectivity index (χ2v) is 10.7. The van der Waals surface area contributed by atoms with Crippen LogP contribution in [0.1, 0.15) is 16.7 Å². The van der Waals surface area contributed by atoms with Crippen molar-refractivity contribution in [3.63, 3.8) is 0 Å². The van der Waals surface area contributed by atoms with E-state index in [0.29, 0.717) is 22.2 Å². The molecule has 2 N–H and O–H groups in total. The Labute approximate surface area is 231 Å². The number of aromatic nitrogens is 1.